The van der Waals surface area contributed by atoms with Crippen molar-refractivity contribution in [3.05, 3.63) is 28.6 Å². The van der Waals surface area contributed by atoms with Crippen LogP contribution in [0.1, 0.15) is 6.42 Å². The van der Waals surface area contributed by atoms with Gasteiger partial charge in [0, 0.05) is 26.2 Å². The van der Waals surface area contributed by atoms with Crippen molar-refractivity contribution in [2.45, 2.75) is 6.42 Å². The van der Waals surface area contributed by atoms with Crippen LogP contribution in [0.4, 0.5) is 11.4 Å². The van der Waals surface area contributed by atoms with Crippen LogP contribution in [-0.2, 0) is 4.79 Å². The molecule has 86 valence electrons. The second-order valence-electron chi connectivity index (χ2n) is 3.00. The number of hydrogen-bond acceptors (Lipinski definition) is 5. The van der Waals surface area contributed by atoms with Gasteiger partial charge in [-0.25, -0.2) is 0 Å². The highest BCUT2D eigenvalue weighted by Gasteiger charge is 2.12. The average Bonchev–Trinajstić information content (AvgIpc) is 2.29. The lowest BCUT2D eigenvalue weighted by atomic mass is 10.3. The second-order valence-corrected chi connectivity index (χ2v) is 3.00. The maximum absolute atomic E-state index is 10.9. The monoisotopic (exact) mass is 224 g/mol. The highest BCUT2D eigenvalue weighted by molar-refractivity contribution is 5.76. The Morgan fingerprint density at radius 1 is 1.62 bits per heavy atom. The van der Waals surface area contributed by atoms with Gasteiger partial charge in [-0.15, -0.1) is 0 Å². The first-order valence-electron chi connectivity index (χ1n) is 4.68. The third kappa shape index (κ3) is 3.19. The molecule has 0 aromatic carbocycles. The van der Waals surface area contributed by atoms with Gasteiger partial charge in [0.15, 0.2) is 0 Å². The van der Waals surface area contributed by atoms with Crippen molar-refractivity contribution in [2.75, 3.05) is 18.9 Å². The van der Waals surface area contributed by atoms with Gasteiger partial charge in [-0.2, -0.15) is 0 Å². The predicted molar refractivity (Wildman–Crippen MR) is 58.1 cm³/mol. The Kier molecular flexibility index (Phi) is 4.19. The van der Waals surface area contributed by atoms with Crippen molar-refractivity contribution in [1.82, 2.24) is 10.3 Å². The summed E-state index contributed by atoms with van der Waals surface area (Å²) < 4.78 is 0. The van der Waals surface area contributed by atoms with Gasteiger partial charge in [0.25, 0.3) is 0 Å². The fourth-order valence-corrected chi connectivity index (χ4v) is 1.12. The van der Waals surface area contributed by atoms with Gasteiger partial charge < -0.3 is 10.6 Å². The Morgan fingerprint density at radius 2 is 2.38 bits per heavy atom. The summed E-state index contributed by atoms with van der Waals surface area (Å²) in [7, 11) is 1.54. The summed E-state index contributed by atoms with van der Waals surface area (Å²) in [5.41, 5.74) is 0.267. The molecule has 1 heterocycles. The van der Waals surface area contributed by atoms with Gasteiger partial charge in [-0.3, -0.25) is 19.9 Å². The molecule has 0 atom stereocenters. The molecule has 0 saturated heterocycles. The van der Waals surface area contributed by atoms with Gasteiger partial charge in [0.05, 0.1) is 4.92 Å². The first-order chi connectivity index (χ1) is 7.65. The minimum absolute atomic E-state index is 0.0978. The van der Waals surface area contributed by atoms with E-state index >= 15 is 0 Å². The average molecular weight is 224 g/mol. The summed E-state index contributed by atoms with van der Waals surface area (Å²) in [4.78, 5) is 24.7. The van der Waals surface area contributed by atoms with E-state index in [9.17, 15) is 14.9 Å². The molecular weight excluding hydrogens is 212 g/mol. The van der Waals surface area contributed by atoms with E-state index in [1.165, 1.54) is 25.5 Å². The quantitative estimate of drug-likeness (QED) is 0.562. The smallest absolute Gasteiger partial charge is 0.310 e. The zero-order chi connectivity index (χ0) is 12.0. The standard InChI is InChI=1S/C9H12N4O3/c1-10-9(14)3-5-12-7-2-4-11-6-8(7)13(15)16/h2,4,6H,3,5H2,1H3,(H,10,14)(H,11,12). The lowest BCUT2D eigenvalue weighted by molar-refractivity contribution is -0.384. The molecule has 0 spiro atoms. The number of hydrogen-bond donors (Lipinski definition) is 2. The van der Waals surface area contributed by atoms with Crippen LogP contribution >= 0.6 is 0 Å². The molecule has 0 bridgehead atoms. The van der Waals surface area contributed by atoms with E-state index in [4.69, 9.17) is 0 Å². The highest BCUT2D eigenvalue weighted by atomic mass is 16.6. The van der Waals surface area contributed by atoms with Crippen LogP contribution < -0.4 is 10.6 Å². The van der Waals surface area contributed by atoms with Crippen LogP contribution in [0.2, 0.25) is 0 Å². The van der Waals surface area contributed by atoms with Crippen molar-refractivity contribution >= 4 is 17.3 Å². The summed E-state index contributed by atoms with van der Waals surface area (Å²) >= 11 is 0. The third-order valence-electron chi connectivity index (χ3n) is 1.94. The van der Waals surface area contributed by atoms with Gasteiger partial charge >= 0.3 is 5.69 Å². The largest absolute Gasteiger partial charge is 0.379 e. The van der Waals surface area contributed by atoms with Gasteiger partial charge in [0.2, 0.25) is 5.91 Å². The number of anilines is 1. The van der Waals surface area contributed by atoms with Crippen molar-refractivity contribution in [1.29, 1.82) is 0 Å². The van der Waals surface area contributed by atoms with E-state index in [0.29, 0.717) is 12.2 Å². The SMILES string of the molecule is CNC(=O)CCNc1ccncc1[N+](=O)[O-]. The number of carbonyl (C=O) groups excluding carboxylic acids is 1. The molecule has 7 nitrogen and oxygen atoms in total. The Hall–Kier alpha value is -2.18. The Balaban J connectivity index is 2.60. The number of aromatic nitrogens is 1. The Morgan fingerprint density at radius 3 is 3.00 bits per heavy atom. The van der Waals surface area contributed by atoms with Crippen molar-refractivity contribution in [3.8, 4) is 0 Å². The molecule has 1 amide bonds. The van der Waals surface area contributed by atoms with Crippen LogP contribution in [-0.4, -0.2) is 29.4 Å². The fraction of sp³-hybridized carbons (Fsp3) is 0.333. The maximum Gasteiger partial charge on any atom is 0.310 e. The second kappa shape index (κ2) is 5.64. The third-order valence-corrected chi connectivity index (χ3v) is 1.94. The summed E-state index contributed by atoms with van der Waals surface area (Å²) in [6.07, 6.45) is 2.88. The molecule has 7 heteroatoms. The summed E-state index contributed by atoms with van der Waals surface area (Å²) in [5.74, 6) is -0.121. The molecule has 0 aliphatic rings. The molecular formula is C9H12N4O3. The molecule has 1 aromatic heterocycles. The van der Waals surface area contributed by atoms with Gasteiger partial charge in [-0.1, -0.05) is 0 Å². The molecule has 0 aliphatic carbocycles. The lowest BCUT2D eigenvalue weighted by Crippen LogP contribution is -2.21. The molecule has 0 unspecified atom stereocenters. The molecule has 0 radical (unpaired) electrons. The van der Waals surface area contributed by atoms with Gasteiger partial charge in [0.1, 0.15) is 11.9 Å². The minimum Gasteiger partial charge on any atom is -0.379 e. The van der Waals surface area contributed by atoms with E-state index in [-0.39, 0.29) is 18.0 Å². The number of nitrogens with one attached hydrogen (secondary N) is 2. The number of rotatable bonds is 5. The van der Waals surface area contributed by atoms with E-state index in [1.54, 1.807) is 0 Å². The Bertz CT molecular complexity index is 394. The lowest BCUT2D eigenvalue weighted by Gasteiger charge is -2.05. The molecule has 1 aromatic rings. The van der Waals surface area contributed by atoms with Crippen molar-refractivity contribution in [2.24, 2.45) is 0 Å². The zero-order valence-electron chi connectivity index (χ0n) is 8.77. The molecule has 16 heavy (non-hydrogen) atoms. The fourth-order valence-electron chi connectivity index (χ4n) is 1.12. The number of carbonyl (C=O) groups is 1. The number of nitrogens with zero attached hydrogens (tertiary/aromatic N) is 2. The number of nitro groups is 1. The van der Waals surface area contributed by atoms with Crippen LogP contribution in [0.3, 0.4) is 0 Å². The number of amides is 1. The van der Waals surface area contributed by atoms with E-state index in [2.05, 4.69) is 15.6 Å². The maximum atomic E-state index is 10.9. The summed E-state index contributed by atoms with van der Waals surface area (Å²) in [5, 5.41) is 15.9. The first-order valence-corrected chi connectivity index (χ1v) is 4.68. The molecule has 0 aliphatic heterocycles. The topological polar surface area (TPSA) is 97.2 Å². The molecule has 1 rings (SSSR count). The van der Waals surface area contributed by atoms with Crippen LogP contribution in [0.25, 0.3) is 0 Å². The predicted octanol–water partition coefficient (Wildman–Crippen LogP) is 0.538. The molecule has 0 saturated carbocycles. The number of pyridine rings is 1. The van der Waals surface area contributed by atoms with E-state index in [0.717, 1.165) is 0 Å². The summed E-state index contributed by atoms with van der Waals surface area (Å²) in [6.45, 7) is 0.338. The van der Waals surface area contributed by atoms with Crippen LogP contribution in [0.15, 0.2) is 18.5 Å². The Labute approximate surface area is 92.0 Å². The molecule has 2 N–H and O–H groups in total. The molecule has 0 fully saturated rings. The van der Waals surface area contributed by atoms with E-state index in [1.807, 2.05) is 0 Å². The van der Waals surface area contributed by atoms with Crippen molar-refractivity contribution < 1.29 is 9.72 Å². The van der Waals surface area contributed by atoms with Crippen LogP contribution in [0, 0.1) is 10.1 Å². The zero-order valence-corrected chi connectivity index (χ0v) is 8.77. The van der Waals surface area contributed by atoms with E-state index < -0.39 is 4.92 Å². The minimum atomic E-state index is -0.519. The first kappa shape index (κ1) is 11.9. The summed E-state index contributed by atoms with van der Waals surface area (Å²) in [6, 6.07) is 1.50. The normalized spacial score (nSPS) is 9.56. The van der Waals surface area contributed by atoms with Crippen molar-refractivity contribution in [3.63, 3.8) is 0 Å². The van der Waals surface area contributed by atoms with Gasteiger partial charge in [-0.05, 0) is 6.07 Å². The highest BCUT2D eigenvalue weighted by Crippen LogP contribution is 2.21. The van der Waals surface area contributed by atoms with Crippen LogP contribution in [0.5, 0.6) is 0 Å².